The van der Waals surface area contributed by atoms with E-state index in [1.54, 1.807) is 23.1 Å². The van der Waals surface area contributed by atoms with E-state index in [1.165, 1.54) is 7.11 Å². The van der Waals surface area contributed by atoms with Crippen LogP contribution in [0.5, 0.6) is 5.75 Å². The molecule has 2 heterocycles. The van der Waals surface area contributed by atoms with Gasteiger partial charge in [-0.25, -0.2) is 0 Å². The minimum absolute atomic E-state index is 0.0832. The van der Waals surface area contributed by atoms with Crippen LogP contribution in [0.4, 0.5) is 0 Å². The van der Waals surface area contributed by atoms with Gasteiger partial charge in [-0.3, -0.25) is 9.69 Å². The maximum Gasteiger partial charge on any atom is 0.257 e. The van der Waals surface area contributed by atoms with E-state index in [-0.39, 0.29) is 5.91 Å². The third-order valence-corrected chi connectivity index (χ3v) is 5.32. The van der Waals surface area contributed by atoms with Crippen molar-refractivity contribution in [2.45, 2.75) is 13.5 Å². The Bertz CT molecular complexity index is 1130. The van der Waals surface area contributed by atoms with Gasteiger partial charge in [-0.2, -0.15) is 10.2 Å². The Kier molecular flexibility index (Phi) is 5.96. The summed E-state index contributed by atoms with van der Waals surface area (Å²) < 4.78 is 10.6. The number of amides is 1. The third-order valence-electron chi connectivity index (χ3n) is 5.32. The lowest BCUT2D eigenvalue weighted by molar-refractivity contribution is 0.0624. The van der Waals surface area contributed by atoms with Gasteiger partial charge in [0.2, 0.25) is 0 Å². The van der Waals surface area contributed by atoms with Crippen molar-refractivity contribution >= 4 is 5.91 Å². The summed E-state index contributed by atoms with van der Waals surface area (Å²) in [5.41, 5.74) is 2.89. The molecule has 31 heavy (non-hydrogen) atoms. The molecule has 2 aromatic carbocycles. The van der Waals surface area contributed by atoms with Crippen molar-refractivity contribution in [1.29, 1.82) is 5.26 Å². The first kappa shape index (κ1) is 20.6. The molecule has 0 atom stereocenters. The number of benzene rings is 2. The van der Waals surface area contributed by atoms with E-state index >= 15 is 0 Å². The largest absolute Gasteiger partial charge is 0.495 e. The van der Waals surface area contributed by atoms with E-state index < -0.39 is 0 Å². The smallest absolute Gasteiger partial charge is 0.257 e. The minimum Gasteiger partial charge on any atom is -0.495 e. The van der Waals surface area contributed by atoms with E-state index in [0.29, 0.717) is 61.3 Å². The van der Waals surface area contributed by atoms with Crippen molar-refractivity contribution in [1.82, 2.24) is 19.9 Å². The quantitative estimate of drug-likeness (QED) is 0.630. The van der Waals surface area contributed by atoms with Crippen LogP contribution in [0.2, 0.25) is 0 Å². The van der Waals surface area contributed by atoms with Crippen LogP contribution in [0.3, 0.4) is 0 Å². The fraction of sp³-hybridized carbons (Fsp3) is 0.304. The first-order valence-electron chi connectivity index (χ1n) is 10.1. The predicted octanol–water partition coefficient (Wildman–Crippen LogP) is 2.88. The number of aryl methyl sites for hydroxylation is 1. The Labute approximate surface area is 180 Å². The van der Waals surface area contributed by atoms with Crippen LogP contribution in [-0.4, -0.2) is 59.1 Å². The zero-order valence-electron chi connectivity index (χ0n) is 17.5. The highest BCUT2D eigenvalue weighted by molar-refractivity contribution is 5.95. The van der Waals surface area contributed by atoms with Crippen molar-refractivity contribution in [3.63, 3.8) is 0 Å². The Morgan fingerprint density at radius 1 is 1.19 bits per heavy atom. The highest BCUT2D eigenvalue weighted by Gasteiger charge is 2.24. The number of carbonyl (C=O) groups excluding carboxylic acids is 1. The Balaban J connectivity index is 1.35. The molecule has 8 heteroatoms. The molecule has 1 aromatic heterocycles. The van der Waals surface area contributed by atoms with Crippen LogP contribution in [0.15, 0.2) is 47.0 Å². The summed E-state index contributed by atoms with van der Waals surface area (Å²) in [5.74, 6) is 1.53. The lowest BCUT2D eigenvalue weighted by Crippen LogP contribution is -2.48. The van der Waals surface area contributed by atoms with Gasteiger partial charge in [0.1, 0.15) is 11.8 Å². The van der Waals surface area contributed by atoms with E-state index in [9.17, 15) is 10.1 Å². The SMILES string of the molecule is COc1ccc(C(=O)N2CCN(Cc3noc(-c4cccc(C)c4)n3)CC2)cc1C#N. The summed E-state index contributed by atoms with van der Waals surface area (Å²) in [5, 5.41) is 13.4. The maximum atomic E-state index is 12.8. The number of rotatable bonds is 5. The molecule has 4 rings (SSSR count). The molecule has 1 fully saturated rings. The second-order valence-electron chi connectivity index (χ2n) is 7.48. The fourth-order valence-corrected chi connectivity index (χ4v) is 3.63. The van der Waals surface area contributed by atoms with Crippen molar-refractivity contribution in [2.75, 3.05) is 33.3 Å². The summed E-state index contributed by atoms with van der Waals surface area (Å²) in [7, 11) is 1.50. The number of aromatic nitrogens is 2. The molecule has 0 saturated carbocycles. The molecule has 0 bridgehead atoms. The van der Waals surface area contributed by atoms with Crippen molar-refractivity contribution in [2.24, 2.45) is 0 Å². The number of nitrogens with zero attached hydrogens (tertiary/aromatic N) is 5. The number of nitriles is 1. The van der Waals surface area contributed by atoms with Gasteiger partial charge in [-0.1, -0.05) is 22.9 Å². The van der Waals surface area contributed by atoms with Crippen LogP contribution >= 0.6 is 0 Å². The summed E-state index contributed by atoms with van der Waals surface area (Å²) in [6.45, 7) is 5.19. The van der Waals surface area contributed by atoms with Crippen molar-refractivity contribution in [3.8, 4) is 23.3 Å². The van der Waals surface area contributed by atoms with Crippen LogP contribution in [-0.2, 0) is 6.54 Å². The Morgan fingerprint density at radius 2 is 2.00 bits per heavy atom. The van der Waals surface area contributed by atoms with E-state index in [2.05, 4.69) is 21.1 Å². The van der Waals surface area contributed by atoms with Gasteiger partial charge < -0.3 is 14.2 Å². The number of hydrogen-bond donors (Lipinski definition) is 0. The molecule has 0 radical (unpaired) electrons. The monoisotopic (exact) mass is 417 g/mol. The first-order valence-corrected chi connectivity index (χ1v) is 10.1. The normalized spacial score (nSPS) is 14.3. The lowest BCUT2D eigenvalue weighted by Gasteiger charge is -2.34. The number of ether oxygens (including phenoxy) is 1. The second-order valence-corrected chi connectivity index (χ2v) is 7.48. The van der Waals surface area contributed by atoms with E-state index in [4.69, 9.17) is 9.26 Å². The summed E-state index contributed by atoms with van der Waals surface area (Å²) in [6, 6.07) is 15.0. The van der Waals surface area contributed by atoms with Crippen LogP contribution in [0.25, 0.3) is 11.5 Å². The second kappa shape index (κ2) is 8.98. The average molecular weight is 417 g/mol. The number of piperazine rings is 1. The number of hydrogen-bond acceptors (Lipinski definition) is 7. The Hall–Kier alpha value is -3.70. The molecule has 1 aliphatic heterocycles. The fourth-order valence-electron chi connectivity index (χ4n) is 3.63. The molecule has 1 aliphatic rings. The van der Waals surface area contributed by atoms with Gasteiger partial charge >= 0.3 is 0 Å². The van der Waals surface area contributed by atoms with E-state index in [0.717, 1.165) is 11.1 Å². The molecule has 3 aromatic rings. The van der Waals surface area contributed by atoms with Crippen molar-refractivity contribution in [3.05, 3.63) is 65.0 Å². The predicted molar refractivity (Wildman–Crippen MR) is 113 cm³/mol. The summed E-state index contributed by atoms with van der Waals surface area (Å²) >= 11 is 0. The van der Waals surface area contributed by atoms with E-state index in [1.807, 2.05) is 31.2 Å². The number of carbonyl (C=O) groups is 1. The highest BCUT2D eigenvalue weighted by atomic mass is 16.5. The van der Waals surface area contributed by atoms with Gasteiger partial charge in [-0.15, -0.1) is 0 Å². The maximum absolute atomic E-state index is 12.8. The molecule has 1 amide bonds. The molecular formula is C23H23N5O3. The molecule has 158 valence electrons. The molecule has 0 aliphatic carbocycles. The minimum atomic E-state index is -0.0832. The molecule has 0 spiro atoms. The highest BCUT2D eigenvalue weighted by Crippen LogP contribution is 2.21. The molecule has 0 unspecified atom stereocenters. The topological polar surface area (TPSA) is 95.5 Å². The van der Waals surface area contributed by atoms with Gasteiger partial charge in [-0.05, 0) is 37.3 Å². The van der Waals surface area contributed by atoms with Gasteiger partial charge in [0.15, 0.2) is 5.82 Å². The molecule has 8 nitrogen and oxygen atoms in total. The van der Waals surface area contributed by atoms with Gasteiger partial charge in [0.25, 0.3) is 11.8 Å². The van der Waals surface area contributed by atoms with Crippen LogP contribution < -0.4 is 4.74 Å². The zero-order valence-corrected chi connectivity index (χ0v) is 17.5. The summed E-state index contributed by atoms with van der Waals surface area (Å²) in [4.78, 5) is 21.3. The van der Waals surface area contributed by atoms with Gasteiger partial charge in [0.05, 0.1) is 19.2 Å². The van der Waals surface area contributed by atoms with Crippen molar-refractivity contribution < 1.29 is 14.1 Å². The number of methoxy groups -OCH3 is 1. The lowest BCUT2D eigenvalue weighted by atomic mass is 10.1. The Morgan fingerprint density at radius 3 is 2.71 bits per heavy atom. The molecule has 1 saturated heterocycles. The zero-order chi connectivity index (χ0) is 21.8. The third kappa shape index (κ3) is 4.57. The van der Waals surface area contributed by atoms with Crippen LogP contribution in [0, 0.1) is 18.3 Å². The van der Waals surface area contributed by atoms with Gasteiger partial charge in [0, 0.05) is 37.3 Å². The average Bonchev–Trinajstić information content (AvgIpc) is 3.27. The first-order chi connectivity index (χ1) is 15.1. The molecule has 0 N–H and O–H groups in total. The summed E-state index contributed by atoms with van der Waals surface area (Å²) in [6.07, 6.45) is 0. The molecular weight excluding hydrogens is 394 g/mol. The van der Waals surface area contributed by atoms with Crippen LogP contribution in [0.1, 0.15) is 27.3 Å². The standard InChI is InChI=1S/C23H23N5O3/c1-16-4-3-5-17(12-16)22-25-21(26-31-22)15-27-8-10-28(11-9-27)23(29)18-6-7-20(30-2)19(13-18)14-24/h3-7,12-13H,8-11,15H2,1-2H3.